The van der Waals surface area contributed by atoms with E-state index in [0.29, 0.717) is 26.1 Å². The summed E-state index contributed by atoms with van der Waals surface area (Å²) in [5.74, 6) is -0.212. The van der Waals surface area contributed by atoms with Crippen LogP contribution in [-0.2, 0) is 16.0 Å². The summed E-state index contributed by atoms with van der Waals surface area (Å²) in [6, 6.07) is 9.95. The van der Waals surface area contributed by atoms with Gasteiger partial charge in [0.15, 0.2) is 0 Å². The summed E-state index contributed by atoms with van der Waals surface area (Å²) in [5, 5.41) is 0. The first kappa shape index (κ1) is 20.7. The summed E-state index contributed by atoms with van der Waals surface area (Å²) in [7, 11) is 0. The monoisotopic (exact) mass is 371 g/mol. The van der Waals surface area contributed by atoms with E-state index >= 15 is 0 Å². The molecule has 1 fully saturated rings. The van der Waals surface area contributed by atoms with Gasteiger partial charge in [0.2, 0.25) is 0 Å². The summed E-state index contributed by atoms with van der Waals surface area (Å²) >= 11 is 0. The van der Waals surface area contributed by atoms with Gasteiger partial charge in [-0.1, -0.05) is 30.3 Å². The third-order valence-electron chi connectivity index (χ3n) is 5.03. The van der Waals surface area contributed by atoms with Crippen LogP contribution in [0.15, 0.2) is 30.3 Å². The SMILES string of the molecule is CCOC(=O)C1(CCc2ccccc2)CCCN(CCCC(F)(F)F)C1. The van der Waals surface area contributed by atoms with Crippen LogP contribution in [0.5, 0.6) is 0 Å². The number of carbonyl (C=O) groups excluding carboxylic acids is 1. The molecule has 26 heavy (non-hydrogen) atoms. The van der Waals surface area contributed by atoms with Crippen molar-refractivity contribution < 1.29 is 22.7 Å². The molecule has 146 valence electrons. The van der Waals surface area contributed by atoms with Crippen molar-refractivity contribution in [3.05, 3.63) is 35.9 Å². The van der Waals surface area contributed by atoms with Crippen molar-refractivity contribution in [3.63, 3.8) is 0 Å². The highest BCUT2D eigenvalue weighted by Crippen LogP contribution is 2.36. The summed E-state index contributed by atoms with van der Waals surface area (Å²) in [5.41, 5.74) is 0.535. The molecule has 2 rings (SSSR count). The lowest BCUT2D eigenvalue weighted by molar-refractivity contribution is -0.160. The molecule has 6 heteroatoms. The van der Waals surface area contributed by atoms with E-state index in [4.69, 9.17) is 4.74 Å². The summed E-state index contributed by atoms with van der Waals surface area (Å²) in [4.78, 5) is 14.7. The maximum Gasteiger partial charge on any atom is 0.389 e. The number of likely N-dealkylation sites (tertiary alicyclic amines) is 1. The van der Waals surface area contributed by atoms with Crippen LogP contribution in [0.3, 0.4) is 0 Å². The fourth-order valence-electron chi connectivity index (χ4n) is 3.71. The van der Waals surface area contributed by atoms with Crippen LogP contribution in [0.1, 0.15) is 44.6 Å². The van der Waals surface area contributed by atoms with Crippen LogP contribution in [0.25, 0.3) is 0 Å². The third-order valence-corrected chi connectivity index (χ3v) is 5.03. The van der Waals surface area contributed by atoms with Gasteiger partial charge in [0.05, 0.1) is 12.0 Å². The van der Waals surface area contributed by atoms with Gasteiger partial charge >= 0.3 is 12.1 Å². The summed E-state index contributed by atoms with van der Waals surface area (Å²) < 4.78 is 42.6. The van der Waals surface area contributed by atoms with Crippen molar-refractivity contribution in [2.24, 2.45) is 5.41 Å². The second kappa shape index (κ2) is 9.40. The second-order valence-corrected chi connectivity index (χ2v) is 7.08. The zero-order valence-electron chi connectivity index (χ0n) is 15.4. The highest BCUT2D eigenvalue weighted by Gasteiger charge is 2.43. The normalized spacial score (nSPS) is 21.5. The number of piperidine rings is 1. The molecule has 0 radical (unpaired) electrons. The fraction of sp³-hybridized carbons (Fsp3) is 0.650. The Balaban J connectivity index is 2.01. The first-order valence-electron chi connectivity index (χ1n) is 9.35. The minimum absolute atomic E-state index is 0.0705. The van der Waals surface area contributed by atoms with Gasteiger partial charge in [-0.25, -0.2) is 0 Å². The molecule has 1 saturated heterocycles. The van der Waals surface area contributed by atoms with Crippen LogP contribution in [-0.4, -0.2) is 43.3 Å². The molecule has 0 N–H and O–H groups in total. The van der Waals surface area contributed by atoms with Gasteiger partial charge in [-0.2, -0.15) is 13.2 Å². The number of nitrogens with zero attached hydrogens (tertiary/aromatic N) is 1. The molecule has 0 aromatic heterocycles. The topological polar surface area (TPSA) is 29.5 Å². The quantitative estimate of drug-likeness (QED) is 0.625. The lowest BCUT2D eigenvalue weighted by atomic mass is 9.75. The molecule has 1 aromatic rings. The smallest absolute Gasteiger partial charge is 0.389 e. The molecule has 1 unspecified atom stereocenters. The Labute approximate surface area is 153 Å². The maximum absolute atomic E-state index is 12.7. The Morgan fingerprint density at radius 1 is 1.27 bits per heavy atom. The number of esters is 1. The number of aryl methyl sites for hydroxylation is 1. The predicted octanol–water partition coefficient (Wildman–Crippen LogP) is 4.61. The molecule has 0 bridgehead atoms. The van der Waals surface area contributed by atoms with Gasteiger partial charge in [0.25, 0.3) is 0 Å². The number of hydrogen-bond donors (Lipinski definition) is 0. The molecular formula is C20H28F3NO2. The Morgan fingerprint density at radius 3 is 2.65 bits per heavy atom. The van der Waals surface area contributed by atoms with Gasteiger partial charge in [0.1, 0.15) is 0 Å². The van der Waals surface area contributed by atoms with E-state index in [1.165, 1.54) is 0 Å². The van der Waals surface area contributed by atoms with Crippen molar-refractivity contribution >= 4 is 5.97 Å². The van der Waals surface area contributed by atoms with Crippen LogP contribution < -0.4 is 0 Å². The molecule has 3 nitrogen and oxygen atoms in total. The lowest BCUT2D eigenvalue weighted by Gasteiger charge is -2.41. The van der Waals surface area contributed by atoms with Crippen LogP contribution in [0, 0.1) is 5.41 Å². The number of rotatable bonds is 8. The number of halogens is 3. The predicted molar refractivity (Wildman–Crippen MR) is 94.8 cm³/mol. The largest absolute Gasteiger partial charge is 0.466 e. The Morgan fingerprint density at radius 2 is 2.00 bits per heavy atom. The number of benzene rings is 1. The second-order valence-electron chi connectivity index (χ2n) is 7.08. The fourth-order valence-corrected chi connectivity index (χ4v) is 3.71. The molecule has 1 aromatic carbocycles. The van der Waals surface area contributed by atoms with Gasteiger partial charge in [-0.15, -0.1) is 0 Å². The van der Waals surface area contributed by atoms with Crippen LogP contribution >= 0.6 is 0 Å². The van der Waals surface area contributed by atoms with E-state index in [1.54, 1.807) is 6.92 Å². The highest BCUT2D eigenvalue weighted by atomic mass is 19.4. The molecule has 1 aliphatic heterocycles. The first-order valence-corrected chi connectivity index (χ1v) is 9.35. The average molecular weight is 371 g/mol. The molecule has 1 atom stereocenters. The van der Waals surface area contributed by atoms with Crippen molar-refractivity contribution in [1.29, 1.82) is 0 Å². The zero-order valence-corrected chi connectivity index (χ0v) is 15.4. The van der Waals surface area contributed by atoms with Gasteiger partial charge < -0.3 is 9.64 Å². The van der Waals surface area contributed by atoms with E-state index in [2.05, 4.69) is 0 Å². The van der Waals surface area contributed by atoms with E-state index in [1.807, 2.05) is 35.2 Å². The number of alkyl halides is 3. The minimum Gasteiger partial charge on any atom is -0.466 e. The lowest BCUT2D eigenvalue weighted by Crippen LogP contribution is -2.49. The van der Waals surface area contributed by atoms with Crippen molar-refractivity contribution in [2.45, 2.75) is 51.6 Å². The number of hydrogen-bond acceptors (Lipinski definition) is 3. The van der Waals surface area contributed by atoms with E-state index in [-0.39, 0.29) is 12.4 Å². The summed E-state index contributed by atoms with van der Waals surface area (Å²) in [6.45, 7) is 3.69. The molecule has 0 amide bonds. The molecule has 0 aliphatic carbocycles. The Bertz CT molecular complexity index is 562. The van der Waals surface area contributed by atoms with Crippen molar-refractivity contribution in [1.82, 2.24) is 4.90 Å². The Kier molecular flexibility index (Phi) is 7.50. The van der Waals surface area contributed by atoms with E-state index < -0.39 is 18.0 Å². The van der Waals surface area contributed by atoms with E-state index in [9.17, 15) is 18.0 Å². The number of carbonyl (C=O) groups is 1. The molecule has 0 saturated carbocycles. The van der Waals surface area contributed by atoms with Crippen LogP contribution in [0.2, 0.25) is 0 Å². The van der Waals surface area contributed by atoms with Crippen molar-refractivity contribution in [3.8, 4) is 0 Å². The molecular weight excluding hydrogens is 343 g/mol. The Hall–Kier alpha value is -1.56. The minimum atomic E-state index is -4.12. The first-order chi connectivity index (χ1) is 12.3. The molecule has 1 aliphatic rings. The summed E-state index contributed by atoms with van der Waals surface area (Å²) in [6.07, 6.45) is -1.88. The zero-order chi connectivity index (χ0) is 19.0. The standard InChI is InChI=1S/C20H28F3NO2/c1-2-26-18(25)19(13-10-17-8-4-3-5-9-17)11-6-14-24(16-19)15-7-12-20(21,22)23/h3-5,8-9H,2,6-7,10-16H2,1H3. The highest BCUT2D eigenvalue weighted by molar-refractivity contribution is 5.77. The van der Waals surface area contributed by atoms with Gasteiger partial charge in [-0.3, -0.25) is 4.79 Å². The third kappa shape index (κ3) is 6.31. The van der Waals surface area contributed by atoms with E-state index in [0.717, 1.165) is 31.4 Å². The van der Waals surface area contributed by atoms with Crippen molar-refractivity contribution in [2.75, 3.05) is 26.2 Å². The van der Waals surface area contributed by atoms with Crippen LogP contribution in [0.4, 0.5) is 13.2 Å². The van der Waals surface area contributed by atoms with Gasteiger partial charge in [-0.05, 0) is 57.7 Å². The average Bonchev–Trinajstić information content (AvgIpc) is 2.60. The number of ether oxygens (including phenoxy) is 1. The maximum atomic E-state index is 12.7. The molecule has 1 heterocycles. The van der Waals surface area contributed by atoms with Gasteiger partial charge in [0, 0.05) is 13.0 Å². The molecule has 0 spiro atoms.